The first kappa shape index (κ1) is 50.7. The first-order valence-electron chi connectivity index (χ1n) is 26.2. The summed E-state index contributed by atoms with van der Waals surface area (Å²) in [5.41, 5.74) is -4.59. The third-order valence-electron chi connectivity index (χ3n) is 16.0. The lowest BCUT2D eigenvalue weighted by molar-refractivity contribution is -0.167. The van der Waals surface area contributed by atoms with Crippen molar-refractivity contribution in [2.45, 2.75) is 88.6 Å². The SMILES string of the molecule is O=C1C(=NC2=Cc3sc4c(c3C2(C(=O)OCc2ccccc2)C(=O)OCc2ccccc2)C(C(=O)OCc2ccccc2)(C(=O)OCc2ccccc2)c2cc(N=C3C(=O)C5CCCCC5C3=O)sc2-4)C(=O)C2CCCCC12. The highest BCUT2D eigenvalue weighted by Gasteiger charge is 2.69. The standard InChI is InChI=1S/C62H50N2O12S2/c65-51-39-25-13-14-26-40(39)52(66)49(51)63-45-30-44-47(62(45,59(71)75-33-37-21-9-3-10-22-37)60(72)76-34-38-23-11-4-12-24-38)48-56(77-44)55-43(29-46(78-55)64-50-53(67)41-27-15-16-28-42(41)54(50)68)61(48,57(69)73-31-35-17-5-1-6-18-35)58(70)74-32-36-19-7-2-8-20-36/h1-12,17-24,29-30,39-42H,13-16,25-28,31-34H2. The summed E-state index contributed by atoms with van der Waals surface area (Å²) in [5.74, 6) is -8.67. The summed E-state index contributed by atoms with van der Waals surface area (Å²) in [6, 6.07) is 36.5. The van der Waals surface area contributed by atoms with Crippen LogP contribution in [0.4, 0.5) is 5.00 Å². The third-order valence-corrected chi connectivity index (χ3v) is 18.3. The molecule has 6 aromatic rings. The largest absolute Gasteiger partial charge is 0.459 e. The van der Waals surface area contributed by atoms with Gasteiger partial charge in [0, 0.05) is 45.2 Å². The Balaban J connectivity index is 1.10. The van der Waals surface area contributed by atoms with E-state index in [1.807, 2.05) is 0 Å². The van der Waals surface area contributed by atoms with Crippen LogP contribution in [-0.2, 0) is 94.6 Å². The Morgan fingerprint density at radius 3 is 1.19 bits per heavy atom. The number of esters is 4. The van der Waals surface area contributed by atoms with Gasteiger partial charge in [0.1, 0.15) is 37.1 Å². The summed E-state index contributed by atoms with van der Waals surface area (Å²) >= 11 is 2.04. The van der Waals surface area contributed by atoms with Gasteiger partial charge in [-0.05, 0) is 60.1 Å². The molecule has 14 nitrogen and oxygen atoms in total. The van der Waals surface area contributed by atoms with Gasteiger partial charge in [-0.15, -0.1) is 22.7 Å². The summed E-state index contributed by atoms with van der Waals surface area (Å²) in [7, 11) is 0. The number of ether oxygens (including phenoxy) is 4. The Bertz CT molecular complexity index is 3400. The van der Waals surface area contributed by atoms with Crippen LogP contribution in [0.3, 0.4) is 0 Å². The molecule has 392 valence electrons. The van der Waals surface area contributed by atoms with Gasteiger partial charge < -0.3 is 18.9 Å². The topological polar surface area (TPSA) is 198 Å². The Labute approximate surface area is 456 Å². The molecule has 78 heavy (non-hydrogen) atoms. The van der Waals surface area contributed by atoms with Crippen LogP contribution in [0.5, 0.6) is 0 Å². The first-order valence-corrected chi connectivity index (χ1v) is 27.9. The second-order valence-corrected chi connectivity index (χ2v) is 22.6. The zero-order chi connectivity index (χ0) is 53.7. The van der Waals surface area contributed by atoms with Gasteiger partial charge in [0.05, 0.1) is 15.5 Å². The number of fused-ring (bicyclic) bond motifs is 7. The average Bonchev–Trinajstić information content (AvgIpc) is 4.49. The van der Waals surface area contributed by atoms with Gasteiger partial charge in [-0.1, -0.05) is 147 Å². The Morgan fingerprint density at radius 1 is 0.449 bits per heavy atom. The van der Waals surface area contributed by atoms with Crippen molar-refractivity contribution in [1.29, 1.82) is 0 Å². The highest BCUT2D eigenvalue weighted by atomic mass is 32.1. The molecule has 16 heteroatoms. The Hall–Kier alpha value is -8.08. The molecule has 0 amide bonds. The van der Waals surface area contributed by atoms with Gasteiger partial charge in [0.2, 0.25) is 10.8 Å². The van der Waals surface area contributed by atoms with E-state index in [1.165, 1.54) is 12.1 Å². The molecule has 4 unspecified atom stereocenters. The number of nitrogens with zero attached hydrogens (tertiary/aromatic N) is 2. The number of carbonyl (C=O) groups is 8. The second kappa shape index (κ2) is 20.7. The Kier molecular flexibility index (Phi) is 13.5. The highest BCUT2D eigenvalue weighted by molar-refractivity contribution is 7.25. The third kappa shape index (κ3) is 8.43. The van der Waals surface area contributed by atoms with Crippen LogP contribution >= 0.6 is 22.7 Å². The molecule has 0 bridgehead atoms. The van der Waals surface area contributed by atoms with E-state index in [-0.39, 0.29) is 80.8 Å². The normalized spacial score (nSPS) is 21.2. The second-order valence-electron chi connectivity index (χ2n) is 20.5. The molecule has 0 radical (unpaired) electrons. The van der Waals surface area contributed by atoms with Crippen molar-refractivity contribution >= 4 is 92.2 Å². The average molecular weight is 1080 g/mol. The van der Waals surface area contributed by atoms with Crippen molar-refractivity contribution in [3.8, 4) is 9.75 Å². The fraction of sp³-hybridized carbons (Fsp3) is 0.290. The predicted octanol–water partition coefficient (Wildman–Crippen LogP) is 10.1. The van der Waals surface area contributed by atoms with Gasteiger partial charge in [-0.2, -0.15) is 0 Å². The number of benzene rings is 4. The maximum absolute atomic E-state index is 16.0. The van der Waals surface area contributed by atoms with Gasteiger partial charge >= 0.3 is 23.9 Å². The summed E-state index contributed by atoms with van der Waals surface area (Å²) in [5, 5.41) is 0.142. The molecule has 4 saturated carbocycles. The van der Waals surface area contributed by atoms with E-state index in [2.05, 4.69) is 0 Å². The van der Waals surface area contributed by atoms with Crippen LogP contribution in [0.15, 0.2) is 143 Å². The number of hydrogen-bond donors (Lipinski definition) is 0. The number of rotatable bonds is 14. The van der Waals surface area contributed by atoms with Crippen molar-refractivity contribution in [2.24, 2.45) is 33.7 Å². The number of aliphatic imine (C=N–C) groups is 2. The van der Waals surface area contributed by atoms with E-state index in [1.54, 1.807) is 121 Å². The lowest BCUT2D eigenvalue weighted by Crippen LogP contribution is -2.51. The van der Waals surface area contributed by atoms with Crippen LogP contribution in [0.25, 0.3) is 15.8 Å². The number of Topliss-reactive ketones (excluding diaryl/α,β-unsaturated/α-hetero) is 4. The van der Waals surface area contributed by atoms with Crippen LogP contribution in [0, 0.1) is 23.7 Å². The number of hydrogen-bond acceptors (Lipinski definition) is 16. The van der Waals surface area contributed by atoms with E-state index in [9.17, 15) is 19.2 Å². The van der Waals surface area contributed by atoms with E-state index >= 15 is 19.2 Å². The molecular formula is C62H50N2O12S2. The molecule has 2 aromatic heterocycles. The molecule has 6 aliphatic carbocycles. The fourth-order valence-electron chi connectivity index (χ4n) is 12.2. The smallest absolute Gasteiger partial charge is 0.334 e. The fourth-order valence-corrected chi connectivity index (χ4v) is 14.8. The van der Waals surface area contributed by atoms with Crippen LogP contribution in [-0.4, -0.2) is 58.4 Å². The molecule has 2 heterocycles. The van der Waals surface area contributed by atoms with E-state index in [0.717, 1.165) is 48.4 Å². The van der Waals surface area contributed by atoms with E-state index in [0.29, 0.717) is 52.8 Å². The summed E-state index contributed by atoms with van der Waals surface area (Å²) in [6.07, 6.45) is 6.57. The molecule has 4 atom stereocenters. The minimum Gasteiger partial charge on any atom is -0.459 e. The monoisotopic (exact) mass is 1080 g/mol. The van der Waals surface area contributed by atoms with Crippen molar-refractivity contribution in [3.05, 3.63) is 177 Å². The summed E-state index contributed by atoms with van der Waals surface area (Å²) in [6.45, 7) is -1.38. The van der Waals surface area contributed by atoms with Crippen LogP contribution < -0.4 is 0 Å². The van der Waals surface area contributed by atoms with Gasteiger partial charge in [0.25, 0.3) is 0 Å². The van der Waals surface area contributed by atoms with Crippen LogP contribution in [0.2, 0.25) is 0 Å². The Morgan fingerprint density at radius 2 is 0.808 bits per heavy atom. The van der Waals surface area contributed by atoms with E-state index < -0.39 is 75.7 Å². The zero-order valence-electron chi connectivity index (χ0n) is 42.1. The molecule has 4 aromatic carbocycles. The minimum atomic E-state index is -2.81. The number of carbonyl (C=O) groups excluding carboxylic acids is 8. The minimum absolute atomic E-state index is 0.0107. The van der Waals surface area contributed by atoms with Crippen molar-refractivity contribution < 1.29 is 57.3 Å². The maximum Gasteiger partial charge on any atom is 0.334 e. The molecule has 12 rings (SSSR count). The number of ketones is 4. The van der Waals surface area contributed by atoms with Gasteiger partial charge in [-0.25, -0.2) is 9.98 Å². The number of thiophene rings is 2. The lowest BCUT2D eigenvalue weighted by atomic mass is 9.70. The van der Waals surface area contributed by atoms with Crippen molar-refractivity contribution in [3.63, 3.8) is 0 Å². The molecule has 0 spiro atoms. The first-order chi connectivity index (χ1) is 38.0. The van der Waals surface area contributed by atoms with Crippen LogP contribution in [0.1, 0.15) is 95.2 Å². The molecular weight excluding hydrogens is 1030 g/mol. The van der Waals surface area contributed by atoms with E-state index in [4.69, 9.17) is 28.9 Å². The maximum atomic E-state index is 16.0. The molecule has 0 N–H and O–H groups in total. The highest BCUT2D eigenvalue weighted by Crippen LogP contribution is 2.65. The molecule has 6 aliphatic rings. The van der Waals surface area contributed by atoms with Crippen molar-refractivity contribution in [1.82, 2.24) is 0 Å². The van der Waals surface area contributed by atoms with Gasteiger partial charge in [0.15, 0.2) is 28.8 Å². The quantitative estimate of drug-likeness (QED) is 0.0569. The summed E-state index contributed by atoms with van der Waals surface area (Å²) < 4.78 is 24.9. The molecule has 0 aliphatic heterocycles. The van der Waals surface area contributed by atoms with Crippen molar-refractivity contribution in [2.75, 3.05) is 0 Å². The lowest BCUT2D eigenvalue weighted by Gasteiger charge is -2.32. The van der Waals surface area contributed by atoms with Gasteiger partial charge in [-0.3, -0.25) is 38.4 Å². The molecule has 4 fully saturated rings. The zero-order valence-corrected chi connectivity index (χ0v) is 43.7. The predicted molar refractivity (Wildman–Crippen MR) is 288 cm³/mol. The summed E-state index contributed by atoms with van der Waals surface area (Å²) in [4.78, 5) is 131. The molecule has 0 saturated heterocycles.